The van der Waals surface area contributed by atoms with E-state index in [1.165, 1.54) is 28.1 Å². The van der Waals surface area contributed by atoms with E-state index in [0.29, 0.717) is 25.7 Å². The molecule has 4 unspecified atom stereocenters. The first-order valence-corrected chi connectivity index (χ1v) is 26.1. The molecule has 2 radical (unpaired) electrons. The molecule has 0 aromatic heterocycles. The summed E-state index contributed by atoms with van der Waals surface area (Å²) < 4.78 is 33.6. The molecule has 2 fully saturated rings. The van der Waals surface area contributed by atoms with Gasteiger partial charge in [0, 0.05) is 65.2 Å². The molecular formula is C66H64BClO19U. The Hall–Kier alpha value is -9.46. The van der Waals surface area contributed by atoms with Crippen molar-refractivity contribution in [2.75, 3.05) is 14.2 Å². The molecule has 3 aliphatic rings. The molecule has 2 N–H and O–H groups in total. The number of aliphatic hydroxyl groups excluding tert-OH is 2. The number of hydrogen-bond acceptors (Lipinski definition) is 19. The van der Waals surface area contributed by atoms with Crippen LogP contribution < -0.4 is 0 Å². The zero-order valence-corrected chi connectivity index (χ0v) is 55.3. The van der Waals surface area contributed by atoms with Gasteiger partial charge in [-0.1, -0.05) is 38.5 Å². The SMILES string of the molecule is CC#CC#CC#CC#CC1CC(=O)C(=C(O)CCC)C(=O)O1.CC#CC#CC#CC#CC1CC(=O)CC(=O)O1.CC#CC#CC#CC#CC1CC(OC(=O)CCC)=CC(=O)O1.CCCC(=O)Cl.COC(=O)CC(=O)CC(C)O.COC(=O)CC(C)=O.[2H][B].[U]. The average molecular weight is 1450 g/mol. The standard InChI is InChI=1S/2C18H14O4.C14H8O3.C7H12O4.C5H8O3.C4H7ClO.BH.U/c1-3-5-6-7-8-9-10-12-15-13-16(14-18(20)21-15)22-17(19)11-4-2;1-3-5-6-7-8-9-10-12-14-13-16(20)17(18(21)22-14)15(19)11-4-2;1-2-3-4-5-6-7-8-9-13-10-12(15)11-14(16)17-13;1-5(8)3-6(9)4-7(10)11-2;1-4(6)3-5(7)8-2;1-2-3-4(5)6;;/h14-15H,4,11,13H2,1-2H3;14,19H,4,11,13H2,1-2H3;13H,10-11H2,1H3;5,8H,3-4H2,1-2H3;3H2,1-2H3;2-3H2,1H3;1H;/i;;;;;;1D;. The van der Waals surface area contributed by atoms with Crippen LogP contribution in [-0.2, 0) is 81.2 Å². The molecule has 3 aliphatic heterocycles. The van der Waals surface area contributed by atoms with Gasteiger partial charge < -0.3 is 38.6 Å². The Labute approximate surface area is 547 Å². The Kier molecular flexibility index (Phi) is 56.0. The maximum atomic E-state index is 11.9. The van der Waals surface area contributed by atoms with E-state index in [2.05, 4.69) is 160 Å². The largest absolute Gasteiger partial charge is 0.511 e. The van der Waals surface area contributed by atoms with Crippen molar-refractivity contribution in [2.24, 2.45) is 0 Å². The molecule has 456 valence electrons. The van der Waals surface area contributed by atoms with Crippen molar-refractivity contribution in [2.45, 2.75) is 163 Å². The Morgan fingerprint density at radius 3 is 1.41 bits per heavy atom. The van der Waals surface area contributed by atoms with Gasteiger partial charge in [0.2, 0.25) is 5.24 Å². The first kappa shape index (κ1) is 85.0. The number of Topliss-reactive ketones (excluding diaryl/α,β-unsaturated/α-hetero) is 4. The third-order valence-electron chi connectivity index (χ3n) is 8.70. The van der Waals surface area contributed by atoms with Crippen LogP contribution in [0.4, 0.5) is 0 Å². The van der Waals surface area contributed by atoms with Crippen molar-refractivity contribution in [3.63, 3.8) is 0 Å². The second-order valence-corrected chi connectivity index (χ2v) is 16.7. The summed E-state index contributed by atoms with van der Waals surface area (Å²) in [4.78, 5) is 120. The van der Waals surface area contributed by atoms with Crippen LogP contribution in [0.3, 0.4) is 0 Å². The molecule has 0 amide bonds. The molecule has 4 atom stereocenters. The van der Waals surface area contributed by atoms with Gasteiger partial charge in [-0.2, -0.15) is 0 Å². The van der Waals surface area contributed by atoms with E-state index in [4.69, 9.17) is 37.0 Å². The molecule has 0 spiro atoms. The van der Waals surface area contributed by atoms with Gasteiger partial charge in [-0.25, -0.2) is 9.59 Å². The fourth-order valence-corrected chi connectivity index (χ4v) is 5.45. The molecule has 0 aromatic rings. The van der Waals surface area contributed by atoms with Crippen LogP contribution >= 0.6 is 11.6 Å². The topological polar surface area (TPSA) is 284 Å². The van der Waals surface area contributed by atoms with Crippen molar-refractivity contribution in [1.82, 2.24) is 0 Å². The van der Waals surface area contributed by atoms with Crippen LogP contribution in [0.25, 0.3) is 0 Å². The van der Waals surface area contributed by atoms with Gasteiger partial charge in [0.05, 0.1) is 45.7 Å². The van der Waals surface area contributed by atoms with Gasteiger partial charge in [0.1, 0.15) is 53.7 Å². The fraction of sp³-hybridized carbons (Fsp3) is 0.409. The van der Waals surface area contributed by atoms with Crippen LogP contribution in [-0.4, -0.2) is 123 Å². The molecule has 0 saturated carbocycles. The minimum atomic E-state index is -0.851. The normalized spacial score (nSPS) is 14.4. The number of ether oxygens (including phenoxy) is 6. The number of aliphatic hydroxyl groups is 2. The first-order chi connectivity index (χ1) is 42.0. The van der Waals surface area contributed by atoms with E-state index >= 15 is 0 Å². The summed E-state index contributed by atoms with van der Waals surface area (Å²) in [5, 5.41) is 18.2. The van der Waals surface area contributed by atoms with Crippen molar-refractivity contribution < 1.29 is 122 Å². The molecular weight excluding hydrogens is 1380 g/mol. The Bertz CT molecular complexity index is 3330. The number of allylic oxidation sites excluding steroid dienone is 1. The van der Waals surface area contributed by atoms with Crippen LogP contribution in [0.15, 0.2) is 23.2 Å². The van der Waals surface area contributed by atoms with Gasteiger partial charge in [0.15, 0.2) is 24.1 Å². The molecule has 0 aromatic carbocycles. The van der Waals surface area contributed by atoms with Gasteiger partial charge in [-0.3, -0.25) is 43.2 Å². The zero-order valence-electron chi connectivity index (χ0n) is 51.4. The third-order valence-corrected chi connectivity index (χ3v) is 8.89. The molecule has 2 saturated heterocycles. The molecule has 88 heavy (non-hydrogen) atoms. The predicted octanol–water partition coefficient (Wildman–Crippen LogP) is 4.31. The predicted molar refractivity (Wildman–Crippen MR) is 320 cm³/mol. The van der Waals surface area contributed by atoms with E-state index in [1.54, 1.807) is 20.8 Å². The van der Waals surface area contributed by atoms with E-state index in [1.807, 2.05) is 20.8 Å². The van der Waals surface area contributed by atoms with Gasteiger partial charge in [0.25, 0.3) is 0 Å². The van der Waals surface area contributed by atoms with Crippen molar-refractivity contribution >= 4 is 84.2 Å². The Balaban J connectivity index is -0.000000330. The molecule has 0 bridgehead atoms. The van der Waals surface area contributed by atoms with Gasteiger partial charge in [-0.05, 0) is 191 Å². The Morgan fingerprint density at radius 2 is 1.05 bits per heavy atom. The maximum Gasteiger partial charge on any atom is 0.346 e. The minimum Gasteiger partial charge on any atom is -0.511 e. The monoisotopic (exact) mass is 1450 g/mol. The van der Waals surface area contributed by atoms with Crippen molar-refractivity contribution in [1.29, 1.82) is 1.34 Å². The fourth-order valence-electron chi connectivity index (χ4n) is 5.26. The number of ketones is 4. The van der Waals surface area contributed by atoms with E-state index in [0.717, 1.165) is 12.5 Å². The second kappa shape index (κ2) is 57.9. The molecule has 19 nitrogen and oxygen atoms in total. The maximum absolute atomic E-state index is 11.9. The zero-order chi connectivity index (χ0) is 67.5. The average Bonchev–Trinajstić information content (AvgIpc) is 2.40. The summed E-state index contributed by atoms with van der Waals surface area (Å²) >= 11 is 4.94. The first-order valence-electron chi connectivity index (χ1n) is 26.3. The van der Waals surface area contributed by atoms with Crippen molar-refractivity contribution in [3.8, 4) is 142 Å². The number of methoxy groups -OCH3 is 2. The summed E-state index contributed by atoms with van der Waals surface area (Å²) in [6.45, 7) is 13.5. The van der Waals surface area contributed by atoms with E-state index in [-0.39, 0.29) is 128 Å². The summed E-state index contributed by atoms with van der Waals surface area (Å²) in [7, 11) is 6.23. The quantitative estimate of drug-likeness (QED) is 0.0299. The van der Waals surface area contributed by atoms with E-state index in [9.17, 15) is 57.8 Å². The second-order valence-electron chi connectivity index (χ2n) is 16.3. The number of rotatable bonds is 13. The summed E-state index contributed by atoms with van der Waals surface area (Å²) in [6, 6.07) is 0. The summed E-state index contributed by atoms with van der Waals surface area (Å²) in [5.41, 5.74) is -0.269. The van der Waals surface area contributed by atoms with Crippen LogP contribution in [0.1, 0.15) is 139 Å². The number of carbonyl (C=O) groups is 11. The molecule has 3 heterocycles. The van der Waals surface area contributed by atoms with Crippen LogP contribution in [0.2, 0.25) is 0 Å². The number of esters is 6. The molecule has 0 aliphatic carbocycles. The molecule has 3 rings (SSSR count). The summed E-state index contributed by atoms with van der Waals surface area (Å²) in [5.74, 6) is 56.1. The van der Waals surface area contributed by atoms with E-state index < -0.39 is 60.0 Å². The minimum absolute atomic E-state index is 0. The van der Waals surface area contributed by atoms with Crippen molar-refractivity contribution in [3.05, 3.63) is 23.2 Å². The Morgan fingerprint density at radius 1 is 0.625 bits per heavy atom. The number of halogens is 1. The van der Waals surface area contributed by atoms with Crippen LogP contribution in [0.5, 0.6) is 0 Å². The number of hydrogen-bond donors (Lipinski definition) is 2. The summed E-state index contributed by atoms with van der Waals surface area (Å²) in [6.07, 6.45) is 1.23. The van der Waals surface area contributed by atoms with Gasteiger partial charge >= 0.3 is 35.8 Å². The van der Waals surface area contributed by atoms with Crippen LogP contribution in [0, 0.1) is 173 Å². The number of cyclic esters (lactones) is 3. The smallest absolute Gasteiger partial charge is 0.346 e. The third kappa shape index (κ3) is 53.3. The van der Waals surface area contributed by atoms with Gasteiger partial charge in [-0.15, -0.1) is 0 Å². The number of carbonyl (C=O) groups excluding carboxylic acids is 11. The molecule has 22 heteroatoms.